The SMILES string of the molecule is Cc1nc(NC(=O)N2CC[C@@H](CN3CCOCC3)[C@H]2C(N)=O)sc1-c1ccnc(C(C)(C)C(F)(F)F)c1. The number of thiazole rings is 1. The molecule has 0 unspecified atom stereocenters. The number of rotatable bonds is 6. The van der Waals surface area contributed by atoms with Crippen molar-refractivity contribution in [2.75, 3.05) is 44.7 Å². The lowest BCUT2D eigenvalue weighted by Crippen LogP contribution is -2.50. The summed E-state index contributed by atoms with van der Waals surface area (Å²) < 4.78 is 46.0. The van der Waals surface area contributed by atoms with Crippen LogP contribution in [0.25, 0.3) is 10.4 Å². The molecule has 2 aliphatic rings. The maximum atomic E-state index is 13.5. The number of amides is 3. The molecule has 2 aromatic heterocycles. The number of anilines is 1. The zero-order valence-electron chi connectivity index (χ0n) is 21.0. The standard InChI is InChI=1S/C24H31F3N6O3S/c1-14-19(15-4-6-29-17(12-15)23(2,3)24(25,26)27)37-21(30-14)31-22(35)33-7-5-16(18(33)20(28)34)13-32-8-10-36-11-9-32/h4,6,12,16,18H,5,7-11,13H2,1-3H3,(H2,28,34)(H,30,31,35)/t16-,18-/m0/s1. The molecule has 0 saturated carbocycles. The lowest BCUT2D eigenvalue weighted by atomic mass is 9.87. The van der Waals surface area contributed by atoms with Gasteiger partial charge < -0.3 is 15.4 Å². The molecular weight excluding hydrogens is 509 g/mol. The largest absolute Gasteiger partial charge is 0.399 e. The van der Waals surface area contributed by atoms with Crippen molar-refractivity contribution in [2.45, 2.75) is 44.8 Å². The van der Waals surface area contributed by atoms with Crippen LogP contribution in [-0.4, -0.2) is 83.3 Å². The van der Waals surface area contributed by atoms with E-state index in [1.807, 2.05) is 0 Å². The Morgan fingerprint density at radius 2 is 1.95 bits per heavy atom. The molecule has 13 heteroatoms. The van der Waals surface area contributed by atoms with Crippen molar-refractivity contribution < 1.29 is 27.5 Å². The monoisotopic (exact) mass is 540 g/mol. The summed E-state index contributed by atoms with van der Waals surface area (Å²) in [5.41, 5.74) is 4.54. The molecule has 0 spiro atoms. The van der Waals surface area contributed by atoms with Crippen molar-refractivity contribution in [2.24, 2.45) is 11.7 Å². The number of likely N-dealkylation sites (tertiary alicyclic amines) is 1. The minimum Gasteiger partial charge on any atom is -0.379 e. The van der Waals surface area contributed by atoms with Gasteiger partial charge in [0.05, 0.1) is 29.5 Å². The molecule has 2 aromatic rings. The summed E-state index contributed by atoms with van der Waals surface area (Å²) in [6, 6.07) is 1.79. The number of carbonyl (C=O) groups excluding carboxylic acids is 2. The summed E-state index contributed by atoms with van der Waals surface area (Å²) in [5.74, 6) is -0.638. The average Bonchev–Trinajstić information content (AvgIpc) is 3.42. The molecule has 3 amide bonds. The minimum absolute atomic E-state index is 0.0813. The molecule has 2 aliphatic heterocycles. The molecule has 0 aliphatic carbocycles. The number of aromatic nitrogens is 2. The number of hydrogen-bond donors (Lipinski definition) is 2. The first-order chi connectivity index (χ1) is 17.4. The van der Waals surface area contributed by atoms with E-state index in [4.69, 9.17) is 10.5 Å². The number of pyridine rings is 1. The van der Waals surface area contributed by atoms with Gasteiger partial charge in [0.15, 0.2) is 5.13 Å². The molecule has 37 heavy (non-hydrogen) atoms. The van der Waals surface area contributed by atoms with Crippen molar-refractivity contribution >= 4 is 28.4 Å². The highest BCUT2D eigenvalue weighted by atomic mass is 32.1. The number of aryl methyl sites for hydroxylation is 1. The minimum atomic E-state index is -4.47. The van der Waals surface area contributed by atoms with Crippen LogP contribution in [0, 0.1) is 12.8 Å². The summed E-state index contributed by atoms with van der Waals surface area (Å²) in [7, 11) is 0. The van der Waals surface area contributed by atoms with Gasteiger partial charge in [-0.1, -0.05) is 11.3 Å². The van der Waals surface area contributed by atoms with Crippen molar-refractivity contribution in [3.8, 4) is 10.4 Å². The summed E-state index contributed by atoms with van der Waals surface area (Å²) >= 11 is 1.15. The number of primary amides is 1. The fraction of sp³-hybridized carbons (Fsp3) is 0.583. The maximum absolute atomic E-state index is 13.5. The van der Waals surface area contributed by atoms with Gasteiger partial charge in [0.2, 0.25) is 5.91 Å². The summed E-state index contributed by atoms with van der Waals surface area (Å²) in [4.78, 5) is 38.1. The molecule has 3 N–H and O–H groups in total. The first-order valence-electron chi connectivity index (χ1n) is 12.1. The number of morpholine rings is 1. The summed E-state index contributed by atoms with van der Waals surface area (Å²) in [6.45, 7) is 7.73. The number of nitrogens with one attached hydrogen (secondary N) is 1. The summed E-state index contributed by atoms with van der Waals surface area (Å²) in [5, 5.41) is 3.03. The van der Waals surface area contributed by atoms with E-state index in [1.54, 1.807) is 13.0 Å². The number of nitrogens with zero attached hydrogens (tertiary/aromatic N) is 4. The van der Waals surface area contributed by atoms with Gasteiger partial charge in [-0.2, -0.15) is 13.2 Å². The van der Waals surface area contributed by atoms with Crippen LogP contribution in [-0.2, 0) is 14.9 Å². The molecule has 0 aromatic carbocycles. The Balaban J connectivity index is 1.49. The van der Waals surface area contributed by atoms with Gasteiger partial charge in [-0.3, -0.25) is 20.0 Å². The first kappa shape index (κ1) is 27.3. The number of hydrogen-bond acceptors (Lipinski definition) is 7. The van der Waals surface area contributed by atoms with Crippen molar-refractivity contribution in [1.29, 1.82) is 0 Å². The molecule has 2 saturated heterocycles. The van der Waals surface area contributed by atoms with Crippen molar-refractivity contribution in [1.82, 2.24) is 19.8 Å². The molecule has 202 valence electrons. The maximum Gasteiger partial charge on any atom is 0.399 e. The normalized spacial score (nSPS) is 21.3. The number of urea groups is 1. The van der Waals surface area contributed by atoms with Gasteiger partial charge in [0.1, 0.15) is 11.5 Å². The number of alkyl halides is 3. The highest BCUT2D eigenvalue weighted by Gasteiger charge is 2.49. The van der Waals surface area contributed by atoms with Crippen molar-refractivity contribution in [3.63, 3.8) is 0 Å². The van der Waals surface area contributed by atoms with E-state index in [-0.39, 0.29) is 16.7 Å². The van der Waals surface area contributed by atoms with Crippen LogP contribution in [0.1, 0.15) is 31.7 Å². The van der Waals surface area contributed by atoms with Crippen LogP contribution >= 0.6 is 11.3 Å². The lowest BCUT2D eigenvalue weighted by molar-refractivity contribution is -0.181. The Kier molecular flexibility index (Phi) is 7.77. The van der Waals surface area contributed by atoms with Gasteiger partial charge >= 0.3 is 12.2 Å². The predicted octanol–water partition coefficient (Wildman–Crippen LogP) is 3.39. The molecule has 9 nitrogen and oxygen atoms in total. The molecule has 0 radical (unpaired) electrons. The van der Waals surface area contributed by atoms with E-state index < -0.39 is 29.6 Å². The highest BCUT2D eigenvalue weighted by molar-refractivity contribution is 7.19. The van der Waals surface area contributed by atoms with Crippen molar-refractivity contribution in [3.05, 3.63) is 29.7 Å². The Hall–Kier alpha value is -2.77. The number of ether oxygens (including phenoxy) is 1. The zero-order valence-corrected chi connectivity index (χ0v) is 21.8. The third-order valence-electron chi connectivity index (χ3n) is 7.05. The van der Waals surface area contributed by atoms with E-state index >= 15 is 0 Å². The Labute approximate surface area is 217 Å². The molecule has 2 fully saturated rings. The van der Waals surface area contributed by atoms with E-state index in [2.05, 4.69) is 20.2 Å². The van der Waals surface area contributed by atoms with E-state index in [0.29, 0.717) is 48.9 Å². The molecule has 4 heterocycles. The van der Waals surface area contributed by atoms with E-state index in [9.17, 15) is 22.8 Å². The zero-order chi connectivity index (χ0) is 27.0. The Morgan fingerprint density at radius 1 is 1.24 bits per heavy atom. The third kappa shape index (κ3) is 5.73. The molecule has 2 atom stereocenters. The van der Waals surface area contributed by atoms with Gasteiger partial charge in [-0.15, -0.1) is 0 Å². The third-order valence-corrected chi connectivity index (χ3v) is 8.18. The van der Waals surface area contributed by atoms with E-state index in [1.165, 1.54) is 17.2 Å². The van der Waals surface area contributed by atoms with Crippen LogP contribution in [0.2, 0.25) is 0 Å². The number of nitrogens with two attached hydrogens (primary N) is 1. The summed E-state index contributed by atoms with van der Waals surface area (Å²) in [6.07, 6.45) is -2.48. The predicted molar refractivity (Wildman–Crippen MR) is 133 cm³/mol. The fourth-order valence-electron chi connectivity index (χ4n) is 4.72. The Morgan fingerprint density at radius 3 is 2.59 bits per heavy atom. The van der Waals surface area contributed by atoms with Crippen LogP contribution in [0.4, 0.5) is 23.1 Å². The second-order valence-corrected chi connectivity index (χ2v) is 10.9. The first-order valence-corrected chi connectivity index (χ1v) is 12.9. The fourth-order valence-corrected chi connectivity index (χ4v) is 5.67. The van der Waals surface area contributed by atoms with Crippen LogP contribution in [0.5, 0.6) is 0 Å². The average molecular weight is 541 g/mol. The van der Waals surface area contributed by atoms with Gasteiger partial charge in [-0.25, -0.2) is 9.78 Å². The van der Waals surface area contributed by atoms with Gasteiger partial charge in [-0.05, 0) is 44.9 Å². The smallest absolute Gasteiger partial charge is 0.379 e. The molecular formula is C24H31F3N6O3S. The topological polar surface area (TPSA) is 114 Å². The second kappa shape index (κ2) is 10.5. The highest BCUT2D eigenvalue weighted by Crippen LogP contribution is 2.41. The molecule has 4 rings (SSSR count). The van der Waals surface area contributed by atoms with E-state index in [0.717, 1.165) is 38.3 Å². The van der Waals surface area contributed by atoms with Gasteiger partial charge in [0.25, 0.3) is 0 Å². The van der Waals surface area contributed by atoms with Crippen LogP contribution in [0.15, 0.2) is 18.3 Å². The quantitative estimate of drug-likeness (QED) is 0.581. The Bertz CT molecular complexity index is 1150. The van der Waals surface area contributed by atoms with Crippen LogP contribution in [0.3, 0.4) is 0 Å². The lowest BCUT2D eigenvalue weighted by Gasteiger charge is -2.31. The second-order valence-electron chi connectivity index (χ2n) is 9.92. The number of carbonyl (C=O) groups is 2. The van der Waals surface area contributed by atoms with Crippen LogP contribution < -0.4 is 11.1 Å². The number of halogens is 3. The molecule has 0 bridgehead atoms. The van der Waals surface area contributed by atoms with Gasteiger partial charge in [0, 0.05) is 38.3 Å².